The number of benzene rings is 1. The van der Waals surface area contributed by atoms with Crippen molar-refractivity contribution in [1.29, 1.82) is 5.26 Å². The number of nitriles is 1. The lowest BCUT2D eigenvalue weighted by molar-refractivity contribution is 0.610. The molecular formula is C10H6ClFN4. The van der Waals surface area contributed by atoms with Gasteiger partial charge in [0.15, 0.2) is 5.82 Å². The zero-order valence-electron chi connectivity index (χ0n) is 7.98. The zero-order valence-corrected chi connectivity index (χ0v) is 8.74. The third kappa shape index (κ3) is 1.71. The Bertz CT molecular complexity index is 565. The summed E-state index contributed by atoms with van der Waals surface area (Å²) >= 11 is 5.71. The van der Waals surface area contributed by atoms with E-state index in [0.29, 0.717) is 0 Å². The minimum atomic E-state index is -0.557. The number of rotatable bonds is 1. The van der Waals surface area contributed by atoms with E-state index in [2.05, 4.69) is 5.10 Å². The predicted molar refractivity (Wildman–Crippen MR) is 57.7 cm³/mol. The second-order valence-corrected chi connectivity index (χ2v) is 3.49. The number of hydrogen-bond donors (Lipinski definition) is 1. The van der Waals surface area contributed by atoms with Gasteiger partial charge < -0.3 is 5.73 Å². The molecule has 1 aromatic carbocycles. The minimum Gasteiger partial charge on any atom is -0.381 e. The van der Waals surface area contributed by atoms with Crippen LogP contribution in [0.25, 0.3) is 5.69 Å². The molecule has 0 aliphatic rings. The molecule has 80 valence electrons. The molecule has 1 heterocycles. The Kier molecular flexibility index (Phi) is 2.50. The first-order valence-electron chi connectivity index (χ1n) is 4.32. The minimum absolute atomic E-state index is 0.130. The summed E-state index contributed by atoms with van der Waals surface area (Å²) in [6.07, 6.45) is 1.40. The van der Waals surface area contributed by atoms with Crippen LogP contribution >= 0.6 is 11.6 Å². The lowest BCUT2D eigenvalue weighted by Gasteiger charge is -2.02. The van der Waals surface area contributed by atoms with Crippen LogP contribution in [0.5, 0.6) is 0 Å². The Morgan fingerprint density at radius 2 is 2.25 bits per heavy atom. The smallest absolute Gasteiger partial charge is 0.164 e. The fourth-order valence-corrected chi connectivity index (χ4v) is 1.38. The molecule has 0 atom stereocenters. The van der Waals surface area contributed by atoms with Gasteiger partial charge in [0.2, 0.25) is 0 Å². The van der Waals surface area contributed by atoms with Crippen LogP contribution in [0.2, 0.25) is 5.02 Å². The maximum atomic E-state index is 13.6. The average molecular weight is 237 g/mol. The van der Waals surface area contributed by atoms with Crippen LogP contribution in [0.4, 0.5) is 10.2 Å². The van der Waals surface area contributed by atoms with Gasteiger partial charge in [0.25, 0.3) is 0 Å². The third-order valence-corrected chi connectivity index (χ3v) is 2.31. The standard InChI is InChI=1S/C10H6ClFN4/c11-7-5-16(15-10(7)14)9-2-1-6(4-13)3-8(9)12/h1-3,5H,(H2,14,15). The highest BCUT2D eigenvalue weighted by atomic mass is 35.5. The molecule has 0 radical (unpaired) electrons. The Morgan fingerprint density at radius 3 is 2.75 bits per heavy atom. The van der Waals surface area contributed by atoms with Crippen LogP contribution in [0.3, 0.4) is 0 Å². The van der Waals surface area contributed by atoms with Gasteiger partial charge in [-0.3, -0.25) is 0 Å². The predicted octanol–water partition coefficient (Wildman–Crippen LogP) is 2.12. The van der Waals surface area contributed by atoms with E-state index in [1.54, 1.807) is 0 Å². The van der Waals surface area contributed by atoms with E-state index in [4.69, 9.17) is 22.6 Å². The fraction of sp³-hybridized carbons (Fsp3) is 0. The summed E-state index contributed by atoms with van der Waals surface area (Å²) in [6, 6.07) is 5.90. The van der Waals surface area contributed by atoms with Gasteiger partial charge in [0.05, 0.1) is 17.8 Å². The average Bonchev–Trinajstić information content (AvgIpc) is 2.58. The molecule has 2 rings (SSSR count). The van der Waals surface area contributed by atoms with Crippen molar-refractivity contribution in [2.24, 2.45) is 0 Å². The molecule has 2 N–H and O–H groups in total. The molecule has 0 aliphatic heterocycles. The van der Waals surface area contributed by atoms with Gasteiger partial charge in [-0.1, -0.05) is 11.6 Å². The van der Waals surface area contributed by atoms with Gasteiger partial charge in [-0.05, 0) is 18.2 Å². The fourth-order valence-electron chi connectivity index (χ4n) is 1.25. The number of halogens is 2. The van der Waals surface area contributed by atoms with Gasteiger partial charge in [-0.2, -0.15) is 5.26 Å². The van der Waals surface area contributed by atoms with E-state index < -0.39 is 5.82 Å². The van der Waals surface area contributed by atoms with Gasteiger partial charge in [0, 0.05) is 0 Å². The molecule has 0 bridgehead atoms. The van der Waals surface area contributed by atoms with Crippen LogP contribution in [0.15, 0.2) is 24.4 Å². The third-order valence-electron chi connectivity index (χ3n) is 2.02. The number of nitrogen functional groups attached to an aromatic ring is 1. The molecule has 1 aromatic heterocycles. The van der Waals surface area contributed by atoms with Crippen molar-refractivity contribution in [3.63, 3.8) is 0 Å². The highest BCUT2D eigenvalue weighted by Gasteiger charge is 2.09. The monoisotopic (exact) mass is 236 g/mol. The second kappa shape index (κ2) is 3.83. The van der Waals surface area contributed by atoms with Crippen molar-refractivity contribution in [2.45, 2.75) is 0 Å². The highest BCUT2D eigenvalue weighted by Crippen LogP contribution is 2.20. The number of anilines is 1. The van der Waals surface area contributed by atoms with Crippen molar-refractivity contribution < 1.29 is 4.39 Å². The van der Waals surface area contributed by atoms with Crippen molar-refractivity contribution >= 4 is 17.4 Å². The molecule has 0 saturated carbocycles. The number of hydrogen-bond acceptors (Lipinski definition) is 3. The first-order valence-corrected chi connectivity index (χ1v) is 4.70. The van der Waals surface area contributed by atoms with Crippen LogP contribution < -0.4 is 5.73 Å². The molecule has 4 nitrogen and oxygen atoms in total. The van der Waals surface area contributed by atoms with E-state index >= 15 is 0 Å². The van der Waals surface area contributed by atoms with Gasteiger partial charge >= 0.3 is 0 Å². The van der Waals surface area contributed by atoms with E-state index in [-0.39, 0.29) is 22.1 Å². The van der Waals surface area contributed by atoms with Gasteiger partial charge in [-0.25, -0.2) is 9.07 Å². The molecule has 0 spiro atoms. The Hall–Kier alpha value is -2.06. The summed E-state index contributed by atoms with van der Waals surface area (Å²) in [5.41, 5.74) is 5.88. The van der Waals surface area contributed by atoms with Crippen molar-refractivity contribution in [3.05, 3.63) is 40.8 Å². The Labute approximate surface area is 95.7 Å². The number of aromatic nitrogens is 2. The Balaban J connectivity index is 2.53. The van der Waals surface area contributed by atoms with Crippen LogP contribution in [0.1, 0.15) is 5.56 Å². The second-order valence-electron chi connectivity index (χ2n) is 3.08. The molecule has 0 amide bonds. The lowest BCUT2D eigenvalue weighted by Crippen LogP contribution is -1.99. The maximum Gasteiger partial charge on any atom is 0.164 e. The normalized spacial score (nSPS) is 10.1. The molecule has 6 heteroatoms. The van der Waals surface area contributed by atoms with E-state index in [1.165, 1.54) is 23.0 Å². The molecule has 2 aromatic rings. The molecular weight excluding hydrogens is 231 g/mol. The SMILES string of the molecule is N#Cc1ccc(-n2cc(Cl)c(N)n2)c(F)c1. The maximum absolute atomic E-state index is 13.6. The quantitative estimate of drug-likeness (QED) is 0.825. The largest absolute Gasteiger partial charge is 0.381 e. The molecule has 0 unspecified atom stereocenters. The lowest BCUT2D eigenvalue weighted by atomic mass is 10.2. The van der Waals surface area contributed by atoms with Crippen LogP contribution in [-0.2, 0) is 0 Å². The van der Waals surface area contributed by atoms with Crippen LogP contribution in [-0.4, -0.2) is 9.78 Å². The summed E-state index contributed by atoms with van der Waals surface area (Å²) in [7, 11) is 0. The van der Waals surface area contributed by atoms with Gasteiger partial charge in [0.1, 0.15) is 16.5 Å². The van der Waals surface area contributed by atoms with Crippen molar-refractivity contribution in [1.82, 2.24) is 9.78 Å². The van der Waals surface area contributed by atoms with E-state index in [1.807, 2.05) is 6.07 Å². The molecule has 0 aliphatic carbocycles. The molecule has 16 heavy (non-hydrogen) atoms. The number of nitrogens with zero attached hydrogens (tertiary/aromatic N) is 3. The summed E-state index contributed by atoms with van der Waals surface area (Å²) in [6.45, 7) is 0. The topological polar surface area (TPSA) is 67.6 Å². The summed E-state index contributed by atoms with van der Waals surface area (Å²) in [5, 5.41) is 12.7. The highest BCUT2D eigenvalue weighted by molar-refractivity contribution is 6.32. The first kappa shape index (κ1) is 10.5. The molecule has 0 saturated heterocycles. The zero-order chi connectivity index (χ0) is 11.7. The van der Waals surface area contributed by atoms with Gasteiger partial charge in [-0.15, -0.1) is 5.10 Å². The summed E-state index contributed by atoms with van der Waals surface area (Å²) < 4.78 is 14.8. The van der Waals surface area contributed by atoms with Crippen LogP contribution in [0, 0.1) is 17.1 Å². The van der Waals surface area contributed by atoms with Crippen molar-refractivity contribution in [2.75, 3.05) is 5.73 Å². The summed E-state index contributed by atoms with van der Waals surface area (Å²) in [4.78, 5) is 0. The van der Waals surface area contributed by atoms with E-state index in [9.17, 15) is 4.39 Å². The molecule has 0 fully saturated rings. The van der Waals surface area contributed by atoms with Crippen molar-refractivity contribution in [3.8, 4) is 11.8 Å². The number of nitrogens with two attached hydrogens (primary N) is 1. The Morgan fingerprint density at radius 1 is 1.50 bits per heavy atom. The van der Waals surface area contributed by atoms with E-state index in [0.717, 1.165) is 6.07 Å². The first-order chi connectivity index (χ1) is 7.61. The summed E-state index contributed by atoms with van der Waals surface area (Å²) in [5.74, 6) is -0.427.